The topological polar surface area (TPSA) is 84.7 Å². The molecule has 34 heavy (non-hydrogen) atoms. The van der Waals surface area contributed by atoms with Crippen LogP contribution in [0.5, 0.6) is 5.75 Å². The van der Waals surface area contributed by atoms with Gasteiger partial charge in [-0.15, -0.1) is 0 Å². The van der Waals surface area contributed by atoms with Crippen molar-refractivity contribution in [1.29, 1.82) is 0 Å². The van der Waals surface area contributed by atoms with E-state index in [0.29, 0.717) is 38.7 Å². The van der Waals surface area contributed by atoms with Gasteiger partial charge in [0.15, 0.2) is 5.69 Å². The van der Waals surface area contributed by atoms with Crippen molar-refractivity contribution in [2.45, 2.75) is 12.7 Å². The molecule has 172 valence electrons. The molecule has 0 bridgehead atoms. The monoisotopic (exact) mass is 467 g/mol. The fourth-order valence-electron chi connectivity index (χ4n) is 4.25. The number of anilines is 1. The third-order valence-corrected chi connectivity index (χ3v) is 5.76. The summed E-state index contributed by atoms with van der Waals surface area (Å²) in [4.78, 5) is 26.1. The smallest absolute Gasteiger partial charge is 0.434 e. The van der Waals surface area contributed by atoms with Crippen LogP contribution in [0, 0.1) is 0 Å². The number of aromatic nitrogens is 2. The van der Waals surface area contributed by atoms with Crippen LogP contribution >= 0.6 is 0 Å². The van der Waals surface area contributed by atoms with Crippen LogP contribution in [-0.4, -0.2) is 33.9 Å². The highest BCUT2D eigenvalue weighted by molar-refractivity contribution is 6.26. The van der Waals surface area contributed by atoms with E-state index in [1.807, 2.05) is 12.1 Å². The minimum atomic E-state index is -4.96. The molecule has 7 nitrogen and oxygen atoms in total. The Kier molecular flexibility index (Phi) is 4.82. The molecule has 1 N–H and O–H groups in total. The Labute approximate surface area is 190 Å². The number of aromatic carboxylic acids is 1. The van der Waals surface area contributed by atoms with E-state index in [2.05, 4.69) is 5.10 Å². The molecule has 1 amide bonds. The molecule has 0 aliphatic carbocycles. The molecular formula is C24H16F3N3O4. The SMILES string of the molecule is COc1ccc(CN2C(=O)c3ccc(-n4ncc(C(=O)O)c4C(F)(F)F)c4cccc2c34)cc1. The molecule has 4 aromatic rings. The van der Waals surface area contributed by atoms with E-state index in [-0.39, 0.29) is 18.1 Å². The van der Waals surface area contributed by atoms with Crippen molar-refractivity contribution in [1.82, 2.24) is 9.78 Å². The van der Waals surface area contributed by atoms with Gasteiger partial charge in [0, 0.05) is 16.3 Å². The van der Waals surface area contributed by atoms with Crippen molar-refractivity contribution < 1.29 is 32.6 Å². The summed E-state index contributed by atoms with van der Waals surface area (Å²) in [5.41, 5.74) is -0.569. The van der Waals surface area contributed by atoms with Gasteiger partial charge in [-0.1, -0.05) is 24.3 Å². The molecule has 1 aliphatic rings. The molecule has 1 aliphatic heterocycles. The van der Waals surface area contributed by atoms with Gasteiger partial charge in [0.1, 0.15) is 11.3 Å². The Balaban J connectivity index is 1.65. The number of carboxylic acids is 1. The molecule has 0 unspecified atom stereocenters. The van der Waals surface area contributed by atoms with Crippen molar-refractivity contribution >= 4 is 28.3 Å². The Morgan fingerprint density at radius 3 is 2.44 bits per heavy atom. The van der Waals surface area contributed by atoms with E-state index < -0.39 is 23.4 Å². The standard InChI is InChI=1S/C24H16F3N3O4/c1-34-14-7-5-13(6-8-14)12-29-19-4-2-3-15-18(10-9-16(20(15)19)22(29)31)30-21(24(25,26)27)17(11-28-30)23(32)33/h2-11H,12H2,1H3,(H,32,33). The predicted molar refractivity (Wildman–Crippen MR) is 117 cm³/mol. The lowest BCUT2D eigenvalue weighted by molar-refractivity contribution is -0.143. The van der Waals surface area contributed by atoms with Gasteiger partial charge in [-0.25, -0.2) is 9.48 Å². The van der Waals surface area contributed by atoms with Gasteiger partial charge >= 0.3 is 12.1 Å². The van der Waals surface area contributed by atoms with Crippen LogP contribution < -0.4 is 9.64 Å². The first kappa shape index (κ1) is 21.5. The fourth-order valence-corrected chi connectivity index (χ4v) is 4.25. The number of carboxylic acid groups (broad SMARTS) is 1. The van der Waals surface area contributed by atoms with Crippen molar-refractivity contribution in [2.24, 2.45) is 0 Å². The van der Waals surface area contributed by atoms with E-state index in [9.17, 15) is 27.9 Å². The summed E-state index contributed by atoms with van der Waals surface area (Å²) in [6, 6.07) is 14.9. The Hall–Kier alpha value is -4.34. The molecule has 1 aromatic heterocycles. The summed E-state index contributed by atoms with van der Waals surface area (Å²) >= 11 is 0. The zero-order valence-electron chi connectivity index (χ0n) is 17.6. The van der Waals surface area contributed by atoms with Crippen LogP contribution in [0.2, 0.25) is 0 Å². The molecule has 0 fully saturated rings. The number of ether oxygens (including phenoxy) is 1. The van der Waals surface area contributed by atoms with Crippen LogP contribution in [0.15, 0.2) is 60.8 Å². The largest absolute Gasteiger partial charge is 0.497 e. The van der Waals surface area contributed by atoms with Gasteiger partial charge in [-0.2, -0.15) is 18.3 Å². The maximum atomic E-state index is 13.8. The van der Waals surface area contributed by atoms with Gasteiger partial charge in [-0.05, 0) is 35.9 Å². The van der Waals surface area contributed by atoms with Gasteiger partial charge < -0.3 is 14.7 Å². The first-order valence-electron chi connectivity index (χ1n) is 10.1. The molecule has 0 saturated carbocycles. The minimum Gasteiger partial charge on any atom is -0.497 e. The van der Waals surface area contributed by atoms with E-state index in [1.165, 1.54) is 12.1 Å². The summed E-state index contributed by atoms with van der Waals surface area (Å²) in [6.07, 6.45) is -4.28. The van der Waals surface area contributed by atoms with Crippen molar-refractivity contribution in [3.05, 3.63) is 83.2 Å². The average Bonchev–Trinajstić information content (AvgIpc) is 3.37. The number of hydrogen-bond donors (Lipinski definition) is 1. The van der Waals surface area contributed by atoms with E-state index in [1.54, 1.807) is 42.3 Å². The van der Waals surface area contributed by atoms with Crippen LogP contribution in [0.1, 0.15) is 32.0 Å². The number of alkyl halides is 3. The number of hydrogen-bond acceptors (Lipinski definition) is 4. The number of nitrogens with zero attached hydrogens (tertiary/aromatic N) is 3. The van der Waals surface area contributed by atoms with Crippen LogP contribution in [0.3, 0.4) is 0 Å². The van der Waals surface area contributed by atoms with Crippen LogP contribution in [0.4, 0.5) is 18.9 Å². The molecule has 0 atom stereocenters. The lowest BCUT2D eigenvalue weighted by Gasteiger charge is -2.18. The number of benzene rings is 3. The minimum absolute atomic E-state index is 0.0273. The molecule has 10 heteroatoms. The number of methoxy groups -OCH3 is 1. The fraction of sp³-hybridized carbons (Fsp3) is 0.125. The van der Waals surface area contributed by atoms with E-state index in [0.717, 1.165) is 5.56 Å². The number of halogens is 3. The lowest BCUT2D eigenvalue weighted by atomic mass is 10.0. The van der Waals surface area contributed by atoms with E-state index in [4.69, 9.17) is 4.74 Å². The van der Waals surface area contributed by atoms with Crippen LogP contribution in [-0.2, 0) is 12.7 Å². The number of amides is 1. The zero-order chi connectivity index (χ0) is 24.2. The molecule has 0 spiro atoms. The second-order valence-corrected chi connectivity index (χ2v) is 7.69. The second kappa shape index (κ2) is 7.62. The molecule has 3 aromatic carbocycles. The summed E-state index contributed by atoms with van der Waals surface area (Å²) in [5, 5.41) is 13.8. The highest BCUT2D eigenvalue weighted by Gasteiger charge is 2.41. The first-order chi connectivity index (χ1) is 16.2. The summed E-state index contributed by atoms with van der Waals surface area (Å²) < 4.78 is 47.1. The van der Waals surface area contributed by atoms with Crippen molar-refractivity contribution in [3.8, 4) is 11.4 Å². The lowest BCUT2D eigenvalue weighted by Crippen LogP contribution is -2.25. The van der Waals surface area contributed by atoms with Gasteiger partial charge in [0.25, 0.3) is 5.91 Å². The van der Waals surface area contributed by atoms with Gasteiger partial charge in [0.2, 0.25) is 0 Å². The van der Waals surface area contributed by atoms with Crippen LogP contribution in [0.25, 0.3) is 16.5 Å². The van der Waals surface area contributed by atoms with E-state index >= 15 is 0 Å². The summed E-state index contributed by atoms with van der Waals surface area (Å²) in [6.45, 7) is 0.255. The average molecular weight is 467 g/mol. The third-order valence-electron chi connectivity index (χ3n) is 5.76. The number of rotatable bonds is 5. The molecule has 5 rings (SSSR count). The van der Waals surface area contributed by atoms with Crippen molar-refractivity contribution in [2.75, 3.05) is 12.0 Å². The zero-order valence-corrected chi connectivity index (χ0v) is 17.6. The van der Waals surface area contributed by atoms with Crippen molar-refractivity contribution in [3.63, 3.8) is 0 Å². The Morgan fingerprint density at radius 2 is 1.79 bits per heavy atom. The molecule has 2 heterocycles. The number of carbonyl (C=O) groups excluding carboxylic acids is 1. The normalized spacial score (nSPS) is 13.1. The highest BCUT2D eigenvalue weighted by atomic mass is 19.4. The molecular weight excluding hydrogens is 451 g/mol. The second-order valence-electron chi connectivity index (χ2n) is 7.69. The number of carbonyl (C=O) groups is 2. The van der Waals surface area contributed by atoms with Gasteiger partial charge in [0.05, 0.1) is 31.2 Å². The maximum Gasteiger partial charge on any atom is 0.434 e. The maximum absolute atomic E-state index is 13.8. The van der Waals surface area contributed by atoms with Gasteiger partial charge in [-0.3, -0.25) is 4.79 Å². The molecule has 0 saturated heterocycles. The first-order valence-corrected chi connectivity index (χ1v) is 10.1. The Morgan fingerprint density at radius 1 is 1.06 bits per heavy atom. The summed E-state index contributed by atoms with van der Waals surface area (Å²) in [7, 11) is 1.55. The summed E-state index contributed by atoms with van der Waals surface area (Å²) in [5.74, 6) is -1.34. The quantitative estimate of drug-likeness (QED) is 0.451. The predicted octanol–water partition coefficient (Wildman–Crippen LogP) is 4.91. The molecule has 0 radical (unpaired) electrons. The third kappa shape index (κ3) is 3.26. The Bertz CT molecular complexity index is 1460. The highest BCUT2D eigenvalue weighted by Crippen LogP contribution is 2.42.